The number of pyridine rings is 1. The van der Waals surface area contributed by atoms with Crippen LogP contribution in [0.1, 0.15) is 59.8 Å². The van der Waals surface area contributed by atoms with Gasteiger partial charge < -0.3 is 13.8 Å². The van der Waals surface area contributed by atoms with Crippen molar-refractivity contribution in [3.05, 3.63) is 47.0 Å². The summed E-state index contributed by atoms with van der Waals surface area (Å²) >= 11 is 0. The summed E-state index contributed by atoms with van der Waals surface area (Å²) in [5.74, 6) is -1.30. The number of carbonyl (C=O) groups is 1. The molecule has 2 saturated heterocycles. The van der Waals surface area contributed by atoms with Gasteiger partial charge >= 0.3 is 16.3 Å². The lowest BCUT2D eigenvalue weighted by Gasteiger charge is -2.41. The van der Waals surface area contributed by atoms with Gasteiger partial charge in [-0.25, -0.2) is 18.9 Å². The Kier molecular flexibility index (Phi) is 7.23. The maximum atomic E-state index is 13.8. The van der Waals surface area contributed by atoms with Crippen molar-refractivity contribution >= 4 is 33.0 Å². The molecular formula is C27H33FN6O5S. The average Bonchev–Trinajstić information content (AvgIpc) is 3.26. The minimum absolute atomic E-state index is 0.143. The summed E-state index contributed by atoms with van der Waals surface area (Å²) in [6.07, 6.45) is 4.95. The van der Waals surface area contributed by atoms with Crippen molar-refractivity contribution in [2.75, 3.05) is 44.3 Å². The van der Waals surface area contributed by atoms with Gasteiger partial charge in [-0.05, 0) is 56.9 Å². The molecule has 0 atom stereocenters. The van der Waals surface area contributed by atoms with Crippen LogP contribution in [0.5, 0.6) is 0 Å². The Labute approximate surface area is 232 Å². The highest BCUT2D eigenvalue weighted by Gasteiger charge is 2.35. The number of piperidine rings is 1. The number of nitrogens with two attached hydrogens (primary N) is 1. The highest BCUT2D eigenvalue weighted by Crippen LogP contribution is 2.44. The van der Waals surface area contributed by atoms with Crippen LogP contribution in [-0.2, 0) is 19.2 Å². The molecule has 11 nitrogen and oxygen atoms in total. The van der Waals surface area contributed by atoms with Crippen LogP contribution in [0.25, 0.3) is 16.7 Å². The van der Waals surface area contributed by atoms with Crippen molar-refractivity contribution in [1.29, 1.82) is 0 Å². The molecule has 1 aliphatic carbocycles. The summed E-state index contributed by atoms with van der Waals surface area (Å²) in [6.45, 7) is 6.58. The van der Waals surface area contributed by atoms with Gasteiger partial charge in [0.15, 0.2) is 11.3 Å². The Morgan fingerprint density at radius 3 is 2.35 bits per heavy atom. The molecule has 2 aliphatic heterocycles. The number of morpholine rings is 1. The van der Waals surface area contributed by atoms with E-state index in [0.29, 0.717) is 22.9 Å². The quantitative estimate of drug-likeness (QED) is 0.473. The zero-order valence-electron chi connectivity index (χ0n) is 22.4. The molecule has 4 heterocycles. The summed E-state index contributed by atoms with van der Waals surface area (Å²) in [5, 5.41) is 10.8. The number of benzene rings is 1. The topological polar surface area (TPSA) is 133 Å². The number of ether oxygens (including phenoxy) is 1. The van der Waals surface area contributed by atoms with E-state index in [2.05, 4.69) is 19.0 Å². The zero-order valence-corrected chi connectivity index (χ0v) is 23.2. The maximum Gasteiger partial charge on any atom is 0.382 e. The summed E-state index contributed by atoms with van der Waals surface area (Å²) < 4.78 is 48.8. The highest BCUT2D eigenvalue weighted by atomic mass is 32.2. The van der Waals surface area contributed by atoms with Gasteiger partial charge in [0, 0.05) is 43.7 Å². The van der Waals surface area contributed by atoms with E-state index < -0.39 is 16.3 Å². The van der Waals surface area contributed by atoms with Crippen molar-refractivity contribution in [2.45, 2.75) is 51.0 Å². The fourth-order valence-corrected chi connectivity index (χ4v) is 6.40. The van der Waals surface area contributed by atoms with Crippen LogP contribution in [0.3, 0.4) is 0 Å². The third-order valence-corrected chi connectivity index (χ3v) is 8.73. The Bertz CT molecular complexity index is 1530. The van der Waals surface area contributed by atoms with Crippen molar-refractivity contribution in [1.82, 2.24) is 19.7 Å². The number of hydrogen-bond donors (Lipinski definition) is 1. The predicted molar refractivity (Wildman–Crippen MR) is 146 cm³/mol. The molecule has 214 valence electrons. The lowest BCUT2D eigenvalue weighted by Crippen LogP contribution is -2.49. The molecule has 1 saturated carbocycles. The number of aromatic nitrogens is 3. The van der Waals surface area contributed by atoms with Gasteiger partial charge in [0.25, 0.3) is 0 Å². The first-order valence-corrected chi connectivity index (χ1v) is 15.2. The van der Waals surface area contributed by atoms with E-state index in [1.807, 2.05) is 0 Å². The van der Waals surface area contributed by atoms with Crippen molar-refractivity contribution < 1.29 is 26.5 Å². The van der Waals surface area contributed by atoms with Crippen LogP contribution in [0.4, 0.5) is 10.1 Å². The number of anilines is 1. The number of halogens is 1. The number of rotatable bonds is 6. The van der Waals surface area contributed by atoms with Crippen molar-refractivity contribution in [2.24, 2.45) is 5.14 Å². The molecule has 2 aromatic heterocycles. The molecule has 40 heavy (non-hydrogen) atoms. The van der Waals surface area contributed by atoms with E-state index in [4.69, 9.17) is 15.0 Å². The first-order valence-electron chi connectivity index (χ1n) is 13.7. The predicted octanol–water partition coefficient (Wildman–Crippen LogP) is 2.80. The molecule has 2 N–H and O–H groups in total. The SMILES string of the molecule is Cc1c(C(=O)OS(N)(=O)=O)nc2c(c(C3CCC3)nn2-c2ccc(F)cc2)c1N1CCC(N2CCOCC2)CC1. The molecule has 0 spiro atoms. The molecule has 13 heteroatoms. The van der Waals surface area contributed by atoms with E-state index in [1.54, 1.807) is 23.7 Å². The molecule has 1 aromatic carbocycles. The molecule has 3 aromatic rings. The second-order valence-corrected chi connectivity index (χ2v) is 11.9. The first-order chi connectivity index (χ1) is 19.2. The van der Waals surface area contributed by atoms with E-state index in [9.17, 15) is 17.6 Å². The average molecular weight is 573 g/mol. The summed E-state index contributed by atoms with van der Waals surface area (Å²) in [6, 6.07) is 6.33. The van der Waals surface area contributed by atoms with Crippen LogP contribution in [0.2, 0.25) is 0 Å². The summed E-state index contributed by atoms with van der Waals surface area (Å²) in [7, 11) is -4.55. The van der Waals surface area contributed by atoms with Crippen molar-refractivity contribution in [3.8, 4) is 5.69 Å². The smallest absolute Gasteiger partial charge is 0.379 e. The van der Waals surface area contributed by atoms with E-state index >= 15 is 0 Å². The normalized spacial score (nSPS) is 19.6. The first kappa shape index (κ1) is 27.1. The Morgan fingerprint density at radius 2 is 1.75 bits per heavy atom. The van der Waals surface area contributed by atoms with Crippen LogP contribution < -0.4 is 10.0 Å². The lowest BCUT2D eigenvalue weighted by molar-refractivity contribution is 0.0115. The Morgan fingerprint density at radius 1 is 1.07 bits per heavy atom. The van der Waals surface area contributed by atoms with Gasteiger partial charge in [0.1, 0.15) is 5.82 Å². The number of hydrogen-bond acceptors (Lipinski definition) is 9. The zero-order chi connectivity index (χ0) is 28.0. The second-order valence-electron chi connectivity index (χ2n) is 10.8. The largest absolute Gasteiger partial charge is 0.382 e. The minimum Gasteiger partial charge on any atom is -0.379 e. The van der Waals surface area contributed by atoms with Gasteiger partial charge in [-0.1, -0.05) is 6.42 Å². The van der Waals surface area contributed by atoms with E-state index in [1.165, 1.54) is 12.1 Å². The molecular weight excluding hydrogens is 539 g/mol. The molecule has 3 fully saturated rings. The number of nitrogens with zero attached hydrogens (tertiary/aromatic N) is 5. The minimum atomic E-state index is -4.55. The van der Waals surface area contributed by atoms with Crippen molar-refractivity contribution in [3.63, 3.8) is 0 Å². The molecule has 0 unspecified atom stereocenters. The van der Waals surface area contributed by atoms with Crippen LogP contribution >= 0.6 is 0 Å². The fourth-order valence-electron chi connectivity index (χ4n) is 6.11. The van der Waals surface area contributed by atoms with Crippen LogP contribution in [0.15, 0.2) is 24.3 Å². The van der Waals surface area contributed by atoms with Crippen LogP contribution in [-0.4, -0.2) is 79.5 Å². The van der Waals surface area contributed by atoms with E-state index in [0.717, 1.165) is 88.3 Å². The van der Waals surface area contributed by atoms with Gasteiger partial charge in [-0.3, -0.25) is 4.90 Å². The molecule has 3 aliphatic rings. The number of carbonyl (C=O) groups excluding carboxylic acids is 1. The Balaban J connectivity index is 1.49. The highest BCUT2D eigenvalue weighted by molar-refractivity contribution is 7.84. The maximum absolute atomic E-state index is 13.8. The van der Waals surface area contributed by atoms with E-state index in [-0.39, 0.29) is 17.4 Å². The third-order valence-electron chi connectivity index (χ3n) is 8.34. The molecule has 0 radical (unpaired) electrons. The monoisotopic (exact) mass is 572 g/mol. The molecule has 0 amide bonds. The van der Waals surface area contributed by atoms with Gasteiger partial charge in [0.05, 0.1) is 35.7 Å². The Hall–Kier alpha value is -3.13. The molecule has 6 rings (SSSR count). The van der Waals surface area contributed by atoms with Gasteiger partial charge in [-0.15, -0.1) is 0 Å². The lowest BCUT2D eigenvalue weighted by atomic mass is 9.81. The van der Waals surface area contributed by atoms with Gasteiger partial charge in [-0.2, -0.15) is 18.7 Å². The standard InChI is InChI=1S/C27H33FN6O5S/c1-17-23(27(35)39-40(29,36)37)30-26-22(25(17)33-11-9-20(10-12-33)32-13-15-38-16-14-32)24(18-3-2-4-18)31-34(26)21-7-5-19(28)6-8-21/h5-8,18,20H,2-4,9-16H2,1H3,(H2,29,36,37). The van der Waals surface area contributed by atoms with Gasteiger partial charge in [0.2, 0.25) is 0 Å². The number of fused-ring (bicyclic) bond motifs is 1. The second kappa shape index (κ2) is 10.7. The third kappa shape index (κ3) is 5.18. The van der Waals surface area contributed by atoms with Crippen LogP contribution in [0, 0.1) is 12.7 Å². The molecule has 0 bridgehead atoms. The summed E-state index contributed by atoms with van der Waals surface area (Å²) in [5.41, 5.74) is 3.04. The summed E-state index contributed by atoms with van der Waals surface area (Å²) in [4.78, 5) is 22.4. The fraction of sp³-hybridized carbons (Fsp3) is 0.519.